The molecular formula is C27H26N6O2. The van der Waals surface area contributed by atoms with Crippen molar-refractivity contribution in [2.75, 3.05) is 36.5 Å². The highest BCUT2D eigenvalue weighted by Crippen LogP contribution is 2.41. The summed E-state index contributed by atoms with van der Waals surface area (Å²) in [6, 6.07) is 10.1. The highest BCUT2D eigenvalue weighted by atomic mass is 16.5. The summed E-state index contributed by atoms with van der Waals surface area (Å²) >= 11 is 0. The molecule has 1 saturated carbocycles. The van der Waals surface area contributed by atoms with Gasteiger partial charge >= 0.3 is 0 Å². The summed E-state index contributed by atoms with van der Waals surface area (Å²) < 4.78 is 7.25. The summed E-state index contributed by atoms with van der Waals surface area (Å²) in [4.78, 5) is 29.2. The molecule has 2 aliphatic heterocycles. The van der Waals surface area contributed by atoms with Crippen molar-refractivity contribution in [2.24, 2.45) is 5.41 Å². The number of rotatable bonds is 5. The lowest BCUT2D eigenvalue weighted by atomic mass is 9.78. The molecule has 6 heterocycles. The van der Waals surface area contributed by atoms with Crippen LogP contribution in [0.15, 0.2) is 55.1 Å². The smallest absolute Gasteiger partial charge is 0.274 e. The van der Waals surface area contributed by atoms with Gasteiger partial charge in [0, 0.05) is 37.2 Å². The lowest BCUT2D eigenvalue weighted by molar-refractivity contribution is -0.127. The maximum absolute atomic E-state index is 13.3. The van der Waals surface area contributed by atoms with Crippen LogP contribution < -0.4 is 10.2 Å². The third kappa shape index (κ3) is 3.56. The zero-order valence-electron chi connectivity index (χ0n) is 19.6. The summed E-state index contributed by atoms with van der Waals surface area (Å²) in [5, 5.41) is 3.04. The van der Waals surface area contributed by atoms with Crippen LogP contribution >= 0.6 is 0 Å². The SMILES string of the molecule is Cc1ncc(-c2ccc(C3CC3)cn2)cc1NC(=O)c1cnc2ccc(N3CC4(COC4)C3)cn12. The van der Waals surface area contributed by atoms with Crippen LogP contribution in [0.3, 0.4) is 0 Å². The zero-order chi connectivity index (χ0) is 23.6. The first kappa shape index (κ1) is 20.6. The van der Waals surface area contributed by atoms with Crippen molar-refractivity contribution in [2.45, 2.75) is 25.7 Å². The van der Waals surface area contributed by atoms with E-state index in [4.69, 9.17) is 4.74 Å². The number of pyridine rings is 3. The van der Waals surface area contributed by atoms with Gasteiger partial charge in [0.2, 0.25) is 0 Å². The van der Waals surface area contributed by atoms with Gasteiger partial charge in [-0.15, -0.1) is 0 Å². The molecule has 0 atom stereocenters. The van der Waals surface area contributed by atoms with Gasteiger partial charge in [-0.2, -0.15) is 0 Å². The molecule has 4 aromatic rings. The van der Waals surface area contributed by atoms with E-state index < -0.39 is 0 Å². The van der Waals surface area contributed by atoms with Gasteiger partial charge in [-0.3, -0.25) is 19.2 Å². The van der Waals surface area contributed by atoms with Crippen LogP contribution in [0.2, 0.25) is 0 Å². The monoisotopic (exact) mass is 466 g/mol. The summed E-state index contributed by atoms with van der Waals surface area (Å²) in [6.45, 7) is 5.55. The number of fused-ring (bicyclic) bond motifs is 1. The molecule has 3 fully saturated rings. The van der Waals surface area contributed by atoms with Crippen LogP contribution in [0.5, 0.6) is 0 Å². The predicted molar refractivity (Wildman–Crippen MR) is 133 cm³/mol. The number of nitrogens with zero attached hydrogens (tertiary/aromatic N) is 5. The van der Waals surface area contributed by atoms with Crippen LogP contribution in [0, 0.1) is 12.3 Å². The average molecular weight is 467 g/mol. The number of aromatic nitrogens is 4. The molecule has 3 aliphatic rings. The molecule has 8 nitrogen and oxygen atoms in total. The Balaban J connectivity index is 1.13. The molecule has 1 spiro atoms. The highest BCUT2D eigenvalue weighted by Gasteiger charge is 2.49. The minimum atomic E-state index is -0.221. The molecule has 1 N–H and O–H groups in total. The lowest BCUT2D eigenvalue weighted by Gasteiger charge is -2.55. The van der Waals surface area contributed by atoms with Gasteiger partial charge in [-0.25, -0.2) is 4.98 Å². The van der Waals surface area contributed by atoms with Crippen molar-refractivity contribution in [3.63, 3.8) is 0 Å². The second kappa shape index (κ2) is 7.61. The predicted octanol–water partition coefficient (Wildman–Crippen LogP) is 4.07. The van der Waals surface area contributed by atoms with E-state index in [1.54, 1.807) is 12.4 Å². The molecule has 2 saturated heterocycles. The van der Waals surface area contributed by atoms with Crippen molar-refractivity contribution in [1.82, 2.24) is 19.4 Å². The van der Waals surface area contributed by atoms with E-state index in [0.717, 1.165) is 54.6 Å². The third-order valence-electron chi connectivity index (χ3n) is 7.42. The van der Waals surface area contributed by atoms with Crippen LogP contribution in [0.4, 0.5) is 11.4 Å². The number of imidazole rings is 1. The summed E-state index contributed by atoms with van der Waals surface area (Å²) in [6.07, 6.45) is 9.88. The van der Waals surface area contributed by atoms with E-state index in [1.807, 2.05) is 41.9 Å². The van der Waals surface area contributed by atoms with Crippen molar-refractivity contribution < 1.29 is 9.53 Å². The molecule has 7 rings (SSSR count). The van der Waals surface area contributed by atoms with E-state index in [2.05, 4.69) is 37.3 Å². The van der Waals surface area contributed by atoms with Gasteiger partial charge in [-0.05, 0) is 55.5 Å². The molecule has 1 aliphatic carbocycles. The van der Waals surface area contributed by atoms with Crippen LogP contribution in [-0.4, -0.2) is 51.6 Å². The number of carbonyl (C=O) groups excluding carboxylic acids is 1. The second-order valence-electron chi connectivity index (χ2n) is 10.2. The highest BCUT2D eigenvalue weighted by molar-refractivity contribution is 6.04. The lowest BCUT2D eigenvalue weighted by Crippen LogP contribution is -2.66. The molecular weight excluding hydrogens is 440 g/mol. The van der Waals surface area contributed by atoms with E-state index in [0.29, 0.717) is 22.7 Å². The normalized spacial score (nSPS) is 18.4. The topological polar surface area (TPSA) is 84.7 Å². The Morgan fingerprint density at radius 1 is 1.06 bits per heavy atom. The van der Waals surface area contributed by atoms with E-state index in [9.17, 15) is 4.79 Å². The van der Waals surface area contributed by atoms with Gasteiger partial charge in [-0.1, -0.05) is 6.07 Å². The first-order valence-electron chi connectivity index (χ1n) is 12.1. The molecule has 1 amide bonds. The summed E-state index contributed by atoms with van der Waals surface area (Å²) in [5.41, 5.74) is 7.08. The van der Waals surface area contributed by atoms with Crippen molar-refractivity contribution in [1.29, 1.82) is 0 Å². The fourth-order valence-electron chi connectivity index (χ4n) is 5.06. The zero-order valence-corrected chi connectivity index (χ0v) is 19.6. The molecule has 0 unspecified atom stereocenters. The Kier molecular flexibility index (Phi) is 4.48. The number of aryl methyl sites for hydroxylation is 1. The molecule has 35 heavy (non-hydrogen) atoms. The quantitative estimate of drug-likeness (QED) is 0.477. The third-order valence-corrected chi connectivity index (χ3v) is 7.42. The fourth-order valence-corrected chi connectivity index (χ4v) is 5.06. The van der Waals surface area contributed by atoms with Gasteiger partial charge in [0.1, 0.15) is 11.3 Å². The van der Waals surface area contributed by atoms with Crippen LogP contribution in [0.25, 0.3) is 16.9 Å². The number of hydrogen-bond acceptors (Lipinski definition) is 6. The Morgan fingerprint density at radius 3 is 2.63 bits per heavy atom. The largest absolute Gasteiger partial charge is 0.380 e. The second-order valence-corrected chi connectivity index (χ2v) is 10.2. The van der Waals surface area contributed by atoms with Gasteiger partial charge in [0.15, 0.2) is 0 Å². The molecule has 0 bridgehead atoms. The minimum absolute atomic E-state index is 0.221. The molecule has 0 aromatic carbocycles. The standard InChI is InChI=1S/C27H26N6O2/c1-17-23(8-20(10-28-17)22-6-4-19(9-29-22)18-2-3-18)31-26(34)24-11-30-25-7-5-21(12-33(24)25)32-13-27(14-32)15-35-16-27/h4-12,18H,2-3,13-16H2,1H3,(H,31,34). The molecule has 8 heteroatoms. The minimum Gasteiger partial charge on any atom is -0.380 e. The Bertz CT molecular complexity index is 1440. The number of anilines is 2. The number of hydrogen-bond donors (Lipinski definition) is 1. The van der Waals surface area contributed by atoms with Crippen LogP contribution in [-0.2, 0) is 4.74 Å². The molecule has 176 valence electrons. The van der Waals surface area contributed by atoms with Gasteiger partial charge in [0.05, 0.1) is 47.6 Å². The van der Waals surface area contributed by atoms with E-state index in [-0.39, 0.29) is 5.91 Å². The number of carbonyl (C=O) groups is 1. The number of nitrogens with one attached hydrogen (secondary N) is 1. The molecule has 0 radical (unpaired) electrons. The Morgan fingerprint density at radius 2 is 1.91 bits per heavy atom. The Hall–Kier alpha value is -3.78. The van der Waals surface area contributed by atoms with E-state index >= 15 is 0 Å². The number of ether oxygens (including phenoxy) is 1. The maximum atomic E-state index is 13.3. The maximum Gasteiger partial charge on any atom is 0.274 e. The molecule has 4 aromatic heterocycles. The van der Waals surface area contributed by atoms with Crippen molar-refractivity contribution >= 4 is 22.9 Å². The van der Waals surface area contributed by atoms with Crippen molar-refractivity contribution in [3.8, 4) is 11.3 Å². The average Bonchev–Trinajstić information content (AvgIpc) is 3.58. The van der Waals surface area contributed by atoms with Crippen LogP contribution in [0.1, 0.15) is 40.5 Å². The first-order chi connectivity index (χ1) is 17.1. The van der Waals surface area contributed by atoms with E-state index in [1.165, 1.54) is 18.4 Å². The van der Waals surface area contributed by atoms with Gasteiger partial charge in [0.25, 0.3) is 5.91 Å². The summed E-state index contributed by atoms with van der Waals surface area (Å²) in [7, 11) is 0. The fraction of sp³-hybridized carbons (Fsp3) is 0.333. The number of amides is 1. The van der Waals surface area contributed by atoms with Gasteiger partial charge < -0.3 is 15.0 Å². The Labute approximate surface area is 203 Å². The first-order valence-corrected chi connectivity index (χ1v) is 12.1. The summed E-state index contributed by atoms with van der Waals surface area (Å²) in [5.74, 6) is 0.448. The van der Waals surface area contributed by atoms with Crippen molar-refractivity contribution in [3.05, 3.63) is 72.1 Å².